The Bertz CT molecular complexity index is 3320. The summed E-state index contributed by atoms with van der Waals surface area (Å²) in [4.78, 5) is 0. The number of benzene rings is 10. The third-order valence-electron chi connectivity index (χ3n) is 12.0. The molecule has 0 aliphatic heterocycles. The van der Waals surface area contributed by atoms with Crippen molar-refractivity contribution in [1.29, 1.82) is 0 Å². The molecule has 0 spiro atoms. The molecule has 0 radical (unpaired) electrons. The zero-order valence-corrected chi connectivity index (χ0v) is 30.0. The lowest BCUT2D eigenvalue weighted by molar-refractivity contribution is 1.19. The summed E-state index contributed by atoms with van der Waals surface area (Å²) >= 11 is 0. The number of hydrogen-bond donors (Lipinski definition) is 0. The van der Waals surface area contributed by atoms with Crippen LogP contribution in [0.2, 0.25) is 0 Å². The van der Waals surface area contributed by atoms with Crippen LogP contribution in [0.4, 0.5) is 0 Å². The maximum Gasteiger partial charge on any atom is 0.0541 e. The summed E-state index contributed by atoms with van der Waals surface area (Å²) in [7, 11) is 0. The monoisotopic (exact) mass is 695 g/mol. The van der Waals surface area contributed by atoms with Gasteiger partial charge in [-0.05, 0) is 124 Å². The van der Waals surface area contributed by atoms with Gasteiger partial charge in [-0.15, -0.1) is 0 Å². The van der Waals surface area contributed by atoms with Crippen molar-refractivity contribution >= 4 is 54.1 Å². The van der Waals surface area contributed by atoms with Gasteiger partial charge in [-0.3, -0.25) is 0 Å². The van der Waals surface area contributed by atoms with Gasteiger partial charge in [-0.25, -0.2) is 0 Å². The molecule has 1 heterocycles. The van der Waals surface area contributed by atoms with E-state index in [1.807, 2.05) is 0 Å². The second kappa shape index (κ2) is 11.6. The van der Waals surface area contributed by atoms with Crippen LogP contribution in [0.5, 0.6) is 0 Å². The molecule has 1 aliphatic rings. The summed E-state index contributed by atoms with van der Waals surface area (Å²) in [5.41, 5.74) is 16.1. The smallest absolute Gasteiger partial charge is 0.0541 e. The molecule has 1 heteroatoms. The molecule has 55 heavy (non-hydrogen) atoms. The van der Waals surface area contributed by atoms with Gasteiger partial charge in [0.05, 0.1) is 11.0 Å². The molecule has 1 nitrogen and oxygen atoms in total. The Morgan fingerprint density at radius 1 is 0.218 bits per heavy atom. The molecule has 12 rings (SSSR count). The van der Waals surface area contributed by atoms with Crippen molar-refractivity contribution in [3.05, 3.63) is 200 Å². The molecule has 0 saturated carbocycles. The lowest BCUT2D eigenvalue weighted by Crippen LogP contribution is -1.97. The molecule has 0 N–H and O–H groups in total. The molecule has 0 saturated heterocycles. The fourth-order valence-corrected chi connectivity index (χ4v) is 9.50. The first-order valence-electron chi connectivity index (χ1n) is 19.1. The van der Waals surface area contributed by atoms with Crippen molar-refractivity contribution in [3.63, 3.8) is 0 Å². The first-order chi connectivity index (χ1) is 27.3. The zero-order valence-electron chi connectivity index (χ0n) is 30.0. The van der Waals surface area contributed by atoms with E-state index in [0.29, 0.717) is 0 Å². The van der Waals surface area contributed by atoms with E-state index in [-0.39, 0.29) is 0 Å². The highest BCUT2D eigenvalue weighted by atomic mass is 15.0. The van der Waals surface area contributed by atoms with Crippen LogP contribution in [0.15, 0.2) is 200 Å². The average molecular weight is 696 g/mol. The van der Waals surface area contributed by atoms with Gasteiger partial charge >= 0.3 is 0 Å². The van der Waals surface area contributed by atoms with Crippen LogP contribution in [0.25, 0.3) is 115 Å². The Balaban J connectivity index is 1.11. The zero-order chi connectivity index (χ0) is 36.0. The van der Waals surface area contributed by atoms with Gasteiger partial charge in [-0.2, -0.15) is 0 Å². The minimum atomic E-state index is 1.17. The first-order valence-corrected chi connectivity index (χ1v) is 19.1. The number of nitrogens with zero attached hydrogens (tertiary/aromatic N) is 1. The SMILES string of the molecule is c1ccc2c(c1)-c1ccccc1-c1ccc(-c3ccc4c5ccccc5c5ccc(-n6c7ccccc7c7ccccc76)cc5c4c3)cc1-c1ccccc1-2. The minimum Gasteiger partial charge on any atom is -0.309 e. The second-order valence-corrected chi connectivity index (χ2v) is 14.8. The molecule has 0 bridgehead atoms. The molecule has 0 amide bonds. The van der Waals surface area contributed by atoms with Crippen LogP contribution < -0.4 is 0 Å². The Morgan fingerprint density at radius 2 is 0.582 bits per heavy atom. The molecule has 10 aromatic carbocycles. The van der Waals surface area contributed by atoms with E-state index in [9.17, 15) is 0 Å². The van der Waals surface area contributed by atoms with Crippen LogP contribution in [0, 0.1) is 0 Å². The third kappa shape index (κ3) is 4.41. The predicted molar refractivity (Wildman–Crippen MR) is 234 cm³/mol. The highest BCUT2D eigenvalue weighted by molar-refractivity contribution is 6.26. The molecule has 0 fully saturated rings. The van der Waals surface area contributed by atoms with Crippen molar-refractivity contribution in [3.8, 4) is 61.3 Å². The number of aromatic nitrogens is 1. The van der Waals surface area contributed by atoms with E-state index in [0.717, 1.165) is 0 Å². The lowest BCUT2D eigenvalue weighted by Gasteiger charge is -2.23. The van der Waals surface area contributed by atoms with Gasteiger partial charge in [0.1, 0.15) is 0 Å². The fourth-order valence-electron chi connectivity index (χ4n) is 9.50. The number of fused-ring (bicyclic) bond motifs is 17. The van der Waals surface area contributed by atoms with Crippen LogP contribution >= 0.6 is 0 Å². The van der Waals surface area contributed by atoms with Crippen LogP contribution in [0.1, 0.15) is 0 Å². The van der Waals surface area contributed by atoms with Crippen LogP contribution in [-0.2, 0) is 0 Å². The molecule has 1 aromatic heterocycles. The van der Waals surface area contributed by atoms with E-state index in [4.69, 9.17) is 0 Å². The van der Waals surface area contributed by atoms with Crippen molar-refractivity contribution in [1.82, 2.24) is 4.57 Å². The van der Waals surface area contributed by atoms with Crippen molar-refractivity contribution in [2.24, 2.45) is 0 Å². The van der Waals surface area contributed by atoms with Crippen LogP contribution in [-0.4, -0.2) is 4.57 Å². The Hall–Kier alpha value is -7.22. The van der Waals surface area contributed by atoms with Crippen LogP contribution in [0.3, 0.4) is 0 Å². The molecule has 11 aromatic rings. The van der Waals surface area contributed by atoms with E-state index < -0.39 is 0 Å². The Kier molecular flexibility index (Phi) is 6.40. The van der Waals surface area contributed by atoms with E-state index in [1.54, 1.807) is 0 Å². The molecular weight excluding hydrogens is 663 g/mol. The first kappa shape index (κ1) is 30.3. The normalized spacial score (nSPS) is 12.0. The average Bonchev–Trinajstić information content (AvgIpc) is 3.60. The van der Waals surface area contributed by atoms with E-state index in [1.165, 1.54) is 115 Å². The summed E-state index contributed by atoms with van der Waals surface area (Å²) in [6.45, 7) is 0. The van der Waals surface area contributed by atoms with Gasteiger partial charge in [0.2, 0.25) is 0 Å². The standard InChI is InChI=1S/C54H33N/c1-2-14-38-37(13-1)39-15-3-4-17-41(39)45-28-25-34(31-50(45)44-20-8-7-16-40(38)44)35-26-29-46-42-18-5-6-19-43(42)47-30-27-36(33-52(47)51(46)32-35)55-53-23-11-9-21-48(53)49-22-10-12-24-54(49)55/h1-33H. The molecule has 1 aliphatic carbocycles. The van der Waals surface area contributed by atoms with Gasteiger partial charge in [-0.1, -0.05) is 164 Å². The lowest BCUT2D eigenvalue weighted by atomic mass is 9.80. The van der Waals surface area contributed by atoms with Gasteiger partial charge in [0, 0.05) is 16.5 Å². The fraction of sp³-hybridized carbons (Fsp3) is 0. The largest absolute Gasteiger partial charge is 0.309 e. The highest BCUT2D eigenvalue weighted by Gasteiger charge is 2.22. The number of para-hydroxylation sites is 2. The van der Waals surface area contributed by atoms with Crippen molar-refractivity contribution in [2.45, 2.75) is 0 Å². The summed E-state index contributed by atoms with van der Waals surface area (Å²) in [6, 6.07) is 74.3. The van der Waals surface area contributed by atoms with Gasteiger partial charge < -0.3 is 4.57 Å². The maximum absolute atomic E-state index is 2.43. The van der Waals surface area contributed by atoms with Crippen molar-refractivity contribution < 1.29 is 0 Å². The summed E-state index contributed by atoms with van der Waals surface area (Å²) in [5, 5.41) is 10.2. The maximum atomic E-state index is 2.43. The number of rotatable bonds is 2. The molecular formula is C54H33N. The predicted octanol–water partition coefficient (Wildman–Crippen LogP) is 14.9. The van der Waals surface area contributed by atoms with Gasteiger partial charge in [0.25, 0.3) is 0 Å². The number of hydrogen-bond acceptors (Lipinski definition) is 0. The van der Waals surface area contributed by atoms with E-state index in [2.05, 4.69) is 205 Å². The quantitative estimate of drug-likeness (QED) is 0.159. The highest BCUT2D eigenvalue weighted by Crippen LogP contribution is 2.49. The molecule has 0 atom stereocenters. The third-order valence-corrected chi connectivity index (χ3v) is 12.0. The summed E-state index contributed by atoms with van der Waals surface area (Å²) in [6.07, 6.45) is 0. The molecule has 254 valence electrons. The van der Waals surface area contributed by atoms with Gasteiger partial charge in [0.15, 0.2) is 0 Å². The Labute approximate surface area is 319 Å². The van der Waals surface area contributed by atoms with Crippen molar-refractivity contribution in [2.75, 3.05) is 0 Å². The Morgan fingerprint density at radius 3 is 1.13 bits per heavy atom. The second-order valence-electron chi connectivity index (χ2n) is 14.8. The summed E-state index contributed by atoms with van der Waals surface area (Å²) < 4.78 is 2.43. The van der Waals surface area contributed by atoms with E-state index >= 15 is 0 Å². The minimum absolute atomic E-state index is 1.17. The topological polar surface area (TPSA) is 4.93 Å². The molecule has 0 unspecified atom stereocenters. The summed E-state index contributed by atoms with van der Waals surface area (Å²) in [5.74, 6) is 0.